The number of H-pyrrole nitrogens is 2. The fourth-order valence-electron chi connectivity index (χ4n) is 3.85. The average molecular weight is 406 g/mol. The van der Waals surface area contributed by atoms with Crippen LogP contribution < -0.4 is 0 Å². The van der Waals surface area contributed by atoms with Crippen LogP contribution in [0.2, 0.25) is 0 Å². The van der Waals surface area contributed by atoms with Crippen LogP contribution >= 0.6 is 0 Å². The standard InChI is InChI=1S/C24H15FN6/c25-18-4-2-1-3-15(18)23-16-12-21(29-19(16)7-10-27-23)24-17-11-20(14-5-8-26-9-6-14)28-13-22(17)30-31-24/h1-13,29H,(H,30,31). The first-order valence-corrected chi connectivity index (χ1v) is 9.75. The molecule has 0 amide bonds. The van der Waals surface area contributed by atoms with E-state index in [-0.39, 0.29) is 5.82 Å². The lowest BCUT2D eigenvalue weighted by molar-refractivity contribution is 0.631. The molecule has 148 valence electrons. The molecule has 31 heavy (non-hydrogen) atoms. The van der Waals surface area contributed by atoms with Crippen molar-refractivity contribution in [3.8, 4) is 33.9 Å². The first-order valence-electron chi connectivity index (χ1n) is 9.75. The lowest BCUT2D eigenvalue weighted by Crippen LogP contribution is -1.87. The maximum absolute atomic E-state index is 14.4. The van der Waals surface area contributed by atoms with Crippen molar-refractivity contribution in [3.63, 3.8) is 0 Å². The van der Waals surface area contributed by atoms with Crippen LogP contribution in [-0.2, 0) is 0 Å². The summed E-state index contributed by atoms with van der Waals surface area (Å²) in [5, 5.41) is 9.33. The number of pyridine rings is 3. The quantitative estimate of drug-likeness (QED) is 0.414. The Labute approximate surface area is 175 Å². The van der Waals surface area contributed by atoms with Crippen molar-refractivity contribution in [3.05, 3.63) is 85.2 Å². The Balaban J connectivity index is 1.53. The Morgan fingerprint density at radius 1 is 0.774 bits per heavy atom. The van der Waals surface area contributed by atoms with Crippen molar-refractivity contribution >= 4 is 21.8 Å². The van der Waals surface area contributed by atoms with Gasteiger partial charge in [-0.15, -0.1) is 0 Å². The lowest BCUT2D eigenvalue weighted by Gasteiger charge is -2.03. The molecule has 7 heteroatoms. The Hall–Kier alpha value is -4.39. The normalized spacial score (nSPS) is 11.4. The molecular formula is C24H15FN6. The number of nitrogens with one attached hydrogen (secondary N) is 2. The molecule has 0 radical (unpaired) electrons. The van der Waals surface area contributed by atoms with E-state index in [4.69, 9.17) is 0 Å². The molecule has 6 nitrogen and oxygen atoms in total. The third-order valence-corrected chi connectivity index (χ3v) is 5.36. The van der Waals surface area contributed by atoms with Crippen LogP contribution in [0.15, 0.2) is 79.4 Å². The van der Waals surface area contributed by atoms with E-state index in [1.165, 1.54) is 6.07 Å². The van der Waals surface area contributed by atoms with Crippen molar-refractivity contribution in [2.45, 2.75) is 0 Å². The Morgan fingerprint density at radius 3 is 2.48 bits per heavy atom. The topological polar surface area (TPSA) is 83.1 Å². The van der Waals surface area contributed by atoms with Crippen LogP contribution in [0.4, 0.5) is 4.39 Å². The summed E-state index contributed by atoms with van der Waals surface area (Å²) in [5.41, 5.74) is 6.16. The number of aromatic nitrogens is 6. The molecule has 0 aliphatic heterocycles. The second-order valence-electron chi connectivity index (χ2n) is 7.21. The summed E-state index contributed by atoms with van der Waals surface area (Å²) < 4.78 is 14.4. The molecule has 0 aliphatic rings. The second kappa shape index (κ2) is 6.84. The van der Waals surface area contributed by atoms with Crippen LogP contribution in [0, 0.1) is 5.82 Å². The van der Waals surface area contributed by atoms with Crippen molar-refractivity contribution < 1.29 is 4.39 Å². The Bertz CT molecular complexity index is 1550. The molecule has 5 aromatic heterocycles. The van der Waals surface area contributed by atoms with Gasteiger partial charge in [-0.3, -0.25) is 20.1 Å². The molecule has 1 aromatic carbocycles. The zero-order valence-electron chi connectivity index (χ0n) is 16.2. The maximum atomic E-state index is 14.4. The molecule has 0 saturated heterocycles. The fourth-order valence-corrected chi connectivity index (χ4v) is 3.85. The van der Waals surface area contributed by atoms with E-state index in [9.17, 15) is 4.39 Å². The molecule has 2 N–H and O–H groups in total. The zero-order valence-corrected chi connectivity index (χ0v) is 16.2. The monoisotopic (exact) mass is 406 g/mol. The minimum absolute atomic E-state index is 0.302. The van der Waals surface area contributed by atoms with E-state index in [0.29, 0.717) is 11.3 Å². The number of fused-ring (bicyclic) bond motifs is 2. The molecule has 6 rings (SSSR count). The first-order chi connectivity index (χ1) is 15.3. The van der Waals surface area contributed by atoms with E-state index in [0.717, 1.165) is 44.5 Å². The van der Waals surface area contributed by atoms with Gasteiger partial charge in [-0.05, 0) is 42.5 Å². The average Bonchev–Trinajstić information content (AvgIpc) is 3.43. The molecule has 0 bridgehead atoms. The largest absolute Gasteiger partial charge is 0.353 e. The van der Waals surface area contributed by atoms with Crippen LogP contribution in [0.25, 0.3) is 55.7 Å². The van der Waals surface area contributed by atoms with E-state index in [1.54, 1.807) is 43.0 Å². The molecule has 0 unspecified atom stereocenters. The maximum Gasteiger partial charge on any atom is 0.132 e. The number of benzene rings is 1. The summed E-state index contributed by atoms with van der Waals surface area (Å²) in [6, 6.07) is 16.3. The number of hydrogen-bond donors (Lipinski definition) is 2. The van der Waals surface area contributed by atoms with Gasteiger partial charge in [0.2, 0.25) is 0 Å². The van der Waals surface area contributed by atoms with Gasteiger partial charge in [-0.2, -0.15) is 5.10 Å². The summed E-state index contributed by atoms with van der Waals surface area (Å²) in [7, 11) is 0. The molecular weight excluding hydrogens is 391 g/mol. The zero-order chi connectivity index (χ0) is 20.8. The molecule has 0 aliphatic carbocycles. The van der Waals surface area contributed by atoms with Crippen LogP contribution in [0.5, 0.6) is 0 Å². The van der Waals surface area contributed by atoms with Gasteiger partial charge in [0.05, 0.1) is 28.8 Å². The van der Waals surface area contributed by atoms with E-state index in [2.05, 4.69) is 30.1 Å². The second-order valence-corrected chi connectivity index (χ2v) is 7.21. The predicted molar refractivity (Wildman–Crippen MR) is 118 cm³/mol. The van der Waals surface area contributed by atoms with Gasteiger partial charge < -0.3 is 4.98 Å². The summed E-state index contributed by atoms with van der Waals surface area (Å²) >= 11 is 0. The van der Waals surface area contributed by atoms with Crippen molar-refractivity contribution in [2.24, 2.45) is 0 Å². The SMILES string of the molecule is Fc1ccccc1-c1nccc2[nH]c(-c3n[nH]c4cnc(-c5ccncc5)cc34)cc12. The summed E-state index contributed by atoms with van der Waals surface area (Å²) in [4.78, 5) is 16.4. The van der Waals surface area contributed by atoms with Crippen molar-refractivity contribution in [2.75, 3.05) is 0 Å². The Kier molecular flexibility index (Phi) is 3.86. The van der Waals surface area contributed by atoms with Gasteiger partial charge >= 0.3 is 0 Å². The third-order valence-electron chi connectivity index (χ3n) is 5.36. The highest BCUT2D eigenvalue weighted by Crippen LogP contribution is 2.34. The van der Waals surface area contributed by atoms with Gasteiger partial charge in [0, 0.05) is 46.0 Å². The smallest absolute Gasteiger partial charge is 0.132 e. The molecule has 0 atom stereocenters. The molecule has 5 heterocycles. The van der Waals surface area contributed by atoms with E-state index >= 15 is 0 Å². The fraction of sp³-hybridized carbons (Fsp3) is 0. The number of aromatic amines is 2. The molecule has 0 saturated carbocycles. The lowest BCUT2D eigenvalue weighted by atomic mass is 10.1. The highest BCUT2D eigenvalue weighted by molar-refractivity contribution is 6.00. The summed E-state index contributed by atoms with van der Waals surface area (Å²) in [6.07, 6.45) is 6.94. The molecule has 0 spiro atoms. The highest BCUT2D eigenvalue weighted by atomic mass is 19.1. The van der Waals surface area contributed by atoms with Crippen molar-refractivity contribution in [1.82, 2.24) is 30.1 Å². The molecule has 6 aromatic rings. The van der Waals surface area contributed by atoms with Gasteiger partial charge in [0.15, 0.2) is 0 Å². The number of rotatable bonds is 3. The van der Waals surface area contributed by atoms with Crippen LogP contribution in [-0.4, -0.2) is 30.1 Å². The van der Waals surface area contributed by atoms with Gasteiger partial charge in [0.1, 0.15) is 11.5 Å². The minimum atomic E-state index is -0.302. The predicted octanol–water partition coefficient (Wildman–Crippen LogP) is 5.37. The summed E-state index contributed by atoms with van der Waals surface area (Å²) in [5.74, 6) is -0.302. The van der Waals surface area contributed by atoms with Gasteiger partial charge in [-0.25, -0.2) is 4.39 Å². The van der Waals surface area contributed by atoms with Crippen LogP contribution in [0.1, 0.15) is 0 Å². The molecule has 0 fully saturated rings. The minimum Gasteiger partial charge on any atom is -0.353 e. The first kappa shape index (κ1) is 17.5. The Morgan fingerprint density at radius 2 is 1.61 bits per heavy atom. The van der Waals surface area contributed by atoms with E-state index in [1.807, 2.05) is 30.3 Å². The van der Waals surface area contributed by atoms with Gasteiger partial charge in [0.25, 0.3) is 0 Å². The van der Waals surface area contributed by atoms with Crippen LogP contribution in [0.3, 0.4) is 0 Å². The third kappa shape index (κ3) is 2.86. The van der Waals surface area contributed by atoms with E-state index < -0.39 is 0 Å². The van der Waals surface area contributed by atoms with Crippen molar-refractivity contribution in [1.29, 1.82) is 0 Å². The number of hydrogen-bond acceptors (Lipinski definition) is 4. The number of halogens is 1. The number of nitrogens with zero attached hydrogens (tertiary/aromatic N) is 4. The van der Waals surface area contributed by atoms with Gasteiger partial charge in [-0.1, -0.05) is 12.1 Å². The summed E-state index contributed by atoms with van der Waals surface area (Å²) in [6.45, 7) is 0. The highest BCUT2D eigenvalue weighted by Gasteiger charge is 2.16.